The molecule has 0 amide bonds. The van der Waals surface area contributed by atoms with E-state index in [4.69, 9.17) is 23.7 Å². The second-order valence-electron chi connectivity index (χ2n) is 12.2. The van der Waals surface area contributed by atoms with E-state index in [0.717, 1.165) is 89.1 Å². The second-order valence-corrected chi connectivity index (χ2v) is 12.2. The zero-order chi connectivity index (χ0) is 35.8. The first-order valence-electron chi connectivity index (χ1n) is 16.7. The van der Waals surface area contributed by atoms with Crippen molar-refractivity contribution in [3.63, 3.8) is 0 Å². The molecule has 9 heteroatoms. The smallest absolute Gasteiger partial charge is 0.243 e. The van der Waals surface area contributed by atoms with Crippen molar-refractivity contribution < 1.29 is 23.7 Å². The molecule has 0 radical (unpaired) electrons. The largest absolute Gasteiger partial charge is 0.497 e. The minimum atomic E-state index is 0.216. The molecule has 0 saturated heterocycles. The fourth-order valence-electron chi connectivity index (χ4n) is 7.06. The summed E-state index contributed by atoms with van der Waals surface area (Å²) in [7, 11) is 6.70. The Bertz CT molecular complexity index is 2550. The lowest BCUT2D eigenvalue weighted by Crippen LogP contribution is -2.12. The van der Waals surface area contributed by atoms with Crippen LogP contribution >= 0.6 is 0 Å². The minimum Gasteiger partial charge on any atom is -0.497 e. The number of aromatic nitrogens is 2. The van der Waals surface area contributed by atoms with Crippen LogP contribution in [0.15, 0.2) is 132 Å². The summed E-state index contributed by atoms with van der Waals surface area (Å²) in [6.07, 6.45) is 0. The number of benzene rings is 6. The van der Waals surface area contributed by atoms with Crippen molar-refractivity contribution in [3.05, 3.63) is 132 Å². The first-order chi connectivity index (χ1) is 25.6. The molecule has 0 aliphatic carbocycles. The Morgan fingerprint density at radius 2 is 0.923 bits per heavy atom. The number of ether oxygens (including phenoxy) is 5. The van der Waals surface area contributed by atoms with Crippen LogP contribution in [0.3, 0.4) is 0 Å². The maximum absolute atomic E-state index is 6.64. The van der Waals surface area contributed by atoms with Gasteiger partial charge in [0, 0.05) is 33.8 Å². The third kappa shape index (κ3) is 5.43. The molecule has 8 aromatic rings. The highest BCUT2D eigenvalue weighted by molar-refractivity contribution is 6.12. The summed E-state index contributed by atoms with van der Waals surface area (Å²) in [6, 6.07) is 40.6. The zero-order valence-corrected chi connectivity index (χ0v) is 29.3. The molecule has 0 unspecified atom stereocenters. The Morgan fingerprint density at radius 1 is 0.519 bits per heavy atom. The molecule has 8 rings (SSSR count). The Kier molecular flexibility index (Phi) is 8.44. The minimum absolute atomic E-state index is 0.216. The van der Waals surface area contributed by atoms with Gasteiger partial charge in [0.1, 0.15) is 29.6 Å². The monoisotopic (exact) mass is 688 g/mol. The molecule has 52 heavy (non-hydrogen) atoms. The average Bonchev–Trinajstić information content (AvgIpc) is 3.70. The number of fused-ring (bicyclic) bond motifs is 6. The van der Waals surface area contributed by atoms with E-state index in [0.29, 0.717) is 5.90 Å². The van der Waals surface area contributed by atoms with Crippen LogP contribution < -0.4 is 18.9 Å². The summed E-state index contributed by atoms with van der Waals surface area (Å²) in [5.74, 6) is 3.44. The van der Waals surface area contributed by atoms with Crippen molar-refractivity contribution >= 4 is 56.2 Å². The van der Waals surface area contributed by atoms with Gasteiger partial charge in [-0.3, -0.25) is 0 Å². The molecular weight excluding hydrogens is 652 g/mol. The van der Waals surface area contributed by atoms with Gasteiger partial charge in [0.05, 0.1) is 67.4 Å². The molecule has 0 atom stereocenters. The SMILES string of the molecule is C=N/N=C(\OCc1ccccc1-n1c2ccc(OC)cc2c2cc(OC)ccc21)c1ccccc1-n1c2ccc(OC)cc2c2cc(OC)ccc21. The maximum atomic E-state index is 6.64. The number of hydrogen-bond acceptors (Lipinski definition) is 7. The molecule has 0 N–H and O–H groups in total. The van der Waals surface area contributed by atoms with E-state index in [2.05, 4.69) is 80.7 Å². The predicted octanol–water partition coefficient (Wildman–Crippen LogP) is 9.49. The highest BCUT2D eigenvalue weighted by atomic mass is 16.5. The quantitative estimate of drug-likeness (QED) is 0.0813. The Morgan fingerprint density at radius 3 is 1.37 bits per heavy atom. The average molecular weight is 689 g/mol. The summed E-state index contributed by atoms with van der Waals surface area (Å²) >= 11 is 0. The lowest BCUT2D eigenvalue weighted by atomic mass is 10.1. The van der Waals surface area contributed by atoms with Gasteiger partial charge in [0.15, 0.2) is 0 Å². The molecule has 0 aliphatic heterocycles. The normalized spacial score (nSPS) is 11.7. The number of rotatable bonds is 10. The van der Waals surface area contributed by atoms with Crippen molar-refractivity contribution in [3.8, 4) is 34.4 Å². The Balaban J connectivity index is 1.23. The summed E-state index contributed by atoms with van der Waals surface area (Å²) in [6.45, 7) is 3.91. The van der Waals surface area contributed by atoms with Crippen LogP contribution in [-0.2, 0) is 11.3 Å². The van der Waals surface area contributed by atoms with Gasteiger partial charge in [-0.1, -0.05) is 30.3 Å². The van der Waals surface area contributed by atoms with Crippen LogP contribution in [0.25, 0.3) is 55.0 Å². The number of methoxy groups -OCH3 is 4. The van der Waals surface area contributed by atoms with E-state index in [1.807, 2.05) is 66.7 Å². The van der Waals surface area contributed by atoms with E-state index in [1.165, 1.54) is 0 Å². The number of nitrogens with zero attached hydrogens (tertiary/aromatic N) is 4. The van der Waals surface area contributed by atoms with Crippen LogP contribution in [-0.4, -0.2) is 50.2 Å². The van der Waals surface area contributed by atoms with E-state index in [-0.39, 0.29) is 6.61 Å². The first kappa shape index (κ1) is 32.5. The molecule has 6 aromatic carbocycles. The second kappa shape index (κ2) is 13.5. The lowest BCUT2D eigenvalue weighted by Gasteiger charge is -2.17. The van der Waals surface area contributed by atoms with Crippen LogP contribution in [0.2, 0.25) is 0 Å². The lowest BCUT2D eigenvalue weighted by molar-refractivity contribution is 0.292. The van der Waals surface area contributed by atoms with Crippen LogP contribution in [0.4, 0.5) is 0 Å². The van der Waals surface area contributed by atoms with E-state index >= 15 is 0 Å². The van der Waals surface area contributed by atoms with Crippen molar-refractivity contribution in [1.29, 1.82) is 0 Å². The third-order valence-corrected chi connectivity index (χ3v) is 9.49. The van der Waals surface area contributed by atoms with Gasteiger partial charge in [-0.05, 0) is 91.0 Å². The fourth-order valence-corrected chi connectivity index (χ4v) is 7.06. The molecule has 0 fully saturated rings. The highest BCUT2D eigenvalue weighted by Gasteiger charge is 2.21. The number of para-hydroxylation sites is 2. The Labute approximate surface area is 300 Å². The van der Waals surface area contributed by atoms with Crippen LogP contribution in [0.5, 0.6) is 23.0 Å². The van der Waals surface area contributed by atoms with Gasteiger partial charge in [-0.2, -0.15) is 5.10 Å². The fraction of sp³-hybridized carbons (Fsp3) is 0.116. The van der Waals surface area contributed by atoms with Crippen molar-refractivity contribution in [2.75, 3.05) is 28.4 Å². The van der Waals surface area contributed by atoms with Gasteiger partial charge in [-0.25, -0.2) is 0 Å². The molecule has 0 spiro atoms. The first-order valence-corrected chi connectivity index (χ1v) is 16.7. The van der Waals surface area contributed by atoms with Gasteiger partial charge >= 0.3 is 0 Å². The molecule has 9 nitrogen and oxygen atoms in total. The Hall–Kier alpha value is -6.74. The zero-order valence-electron chi connectivity index (χ0n) is 29.3. The van der Waals surface area contributed by atoms with Gasteiger partial charge in [0.25, 0.3) is 0 Å². The summed E-state index contributed by atoms with van der Waals surface area (Å²) < 4.78 is 33.5. The summed E-state index contributed by atoms with van der Waals surface area (Å²) in [5.41, 5.74) is 7.61. The molecule has 0 saturated carbocycles. The third-order valence-electron chi connectivity index (χ3n) is 9.49. The standard InChI is InChI=1S/C43H36N4O5/c1-44-45-43(32-11-7-9-13-38(32)47-41-20-16-30(50-4)24-35(41)36-25-31(51-5)17-21-42(36)47)52-26-27-10-6-8-12-37(27)46-39-18-14-28(48-2)22-33(39)34-23-29(49-3)15-19-40(34)46/h6-25H,1,26H2,2-5H3/b45-43-. The maximum Gasteiger partial charge on any atom is 0.243 e. The summed E-state index contributed by atoms with van der Waals surface area (Å²) in [5, 5.41) is 12.6. The van der Waals surface area contributed by atoms with Crippen molar-refractivity contribution in [1.82, 2.24) is 9.13 Å². The molecule has 0 bridgehead atoms. The molecule has 2 aromatic heterocycles. The van der Waals surface area contributed by atoms with Crippen molar-refractivity contribution in [2.45, 2.75) is 6.61 Å². The molecule has 2 heterocycles. The number of hydrogen-bond donors (Lipinski definition) is 0. The summed E-state index contributed by atoms with van der Waals surface area (Å²) in [4.78, 5) is 0. The van der Waals surface area contributed by atoms with Gasteiger partial charge in [-0.15, -0.1) is 5.10 Å². The topological polar surface area (TPSA) is 80.7 Å². The predicted molar refractivity (Wildman–Crippen MR) is 209 cm³/mol. The molecular formula is C43H36N4O5. The van der Waals surface area contributed by atoms with E-state index in [9.17, 15) is 0 Å². The van der Waals surface area contributed by atoms with E-state index < -0.39 is 0 Å². The molecule has 0 aliphatic rings. The van der Waals surface area contributed by atoms with Gasteiger partial charge in [0.2, 0.25) is 5.90 Å². The highest BCUT2D eigenvalue weighted by Crippen LogP contribution is 2.39. The van der Waals surface area contributed by atoms with Crippen molar-refractivity contribution in [2.24, 2.45) is 10.2 Å². The van der Waals surface area contributed by atoms with Crippen LogP contribution in [0, 0.1) is 0 Å². The van der Waals surface area contributed by atoms with E-state index in [1.54, 1.807) is 28.4 Å². The molecule has 258 valence electrons. The van der Waals surface area contributed by atoms with Gasteiger partial charge < -0.3 is 32.8 Å². The van der Waals surface area contributed by atoms with Crippen LogP contribution in [0.1, 0.15) is 11.1 Å².